The van der Waals surface area contributed by atoms with Crippen molar-refractivity contribution in [3.8, 4) is 5.75 Å². The second kappa shape index (κ2) is 10.2. The van der Waals surface area contributed by atoms with Crippen LogP contribution in [0.25, 0.3) is 10.8 Å². The molecule has 8 nitrogen and oxygen atoms in total. The Labute approximate surface area is 189 Å². The van der Waals surface area contributed by atoms with Gasteiger partial charge in [-0.3, -0.25) is 14.9 Å². The van der Waals surface area contributed by atoms with Crippen LogP contribution in [-0.4, -0.2) is 42.0 Å². The maximum atomic E-state index is 13.1. The minimum atomic E-state index is -0.478. The summed E-state index contributed by atoms with van der Waals surface area (Å²) in [5.41, 5.74) is 0.732. The molecule has 0 aliphatic rings. The monoisotopic (exact) mass is 455 g/mol. The van der Waals surface area contributed by atoms with Crippen molar-refractivity contribution in [2.45, 2.75) is 33.7 Å². The molecule has 0 atom stereocenters. The first kappa shape index (κ1) is 23.2. The average molecular weight is 456 g/mol. The highest BCUT2D eigenvalue weighted by Gasteiger charge is 2.20. The topological polar surface area (TPSA) is 107 Å². The van der Waals surface area contributed by atoms with Gasteiger partial charge in [-0.25, -0.2) is 9.78 Å². The van der Waals surface area contributed by atoms with Crippen molar-refractivity contribution in [1.29, 1.82) is 0 Å². The van der Waals surface area contributed by atoms with Crippen molar-refractivity contribution in [2.24, 2.45) is 0 Å². The van der Waals surface area contributed by atoms with Gasteiger partial charge in [0.15, 0.2) is 11.7 Å². The lowest BCUT2D eigenvalue weighted by Crippen LogP contribution is -2.34. The Balaban J connectivity index is 1.87. The van der Waals surface area contributed by atoms with Crippen molar-refractivity contribution in [1.82, 2.24) is 10.3 Å². The smallest absolute Gasteiger partial charge is 0.350 e. The van der Waals surface area contributed by atoms with E-state index in [1.165, 1.54) is 0 Å². The number of esters is 1. The summed E-state index contributed by atoms with van der Waals surface area (Å²) in [7, 11) is 0. The summed E-state index contributed by atoms with van der Waals surface area (Å²) in [4.78, 5) is 41.7. The van der Waals surface area contributed by atoms with E-state index < -0.39 is 11.9 Å². The zero-order chi connectivity index (χ0) is 23.3. The van der Waals surface area contributed by atoms with E-state index in [1.54, 1.807) is 26.0 Å². The maximum Gasteiger partial charge on any atom is 0.350 e. The first-order valence-electron chi connectivity index (χ1n) is 10.2. The van der Waals surface area contributed by atoms with Crippen molar-refractivity contribution < 1.29 is 23.9 Å². The van der Waals surface area contributed by atoms with E-state index in [0.717, 1.165) is 22.1 Å². The highest BCUT2D eigenvalue weighted by atomic mass is 32.1. The van der Waals surface area contributed by atoms with Crippen LogP contribution in [-0.2, 0) is 9.53 Å². The first-order valence-corrected chi connectivity index (χ1v) is 11.0. The molecule has 0 unspecified atom stereocenters. The number of carbonyl (C=O) groups is 3. The van der Waals surface area contributed by atoms with Crippen LogP contribution >= 0.6 is 11.3 Å². The summed E-state index contributed by atoms with van der Waals surface area (Å²) in [6, 6.07) is 10.9. The van der Waals surface area contributed by atoms with E-state index >= 15 is 0 Å². The number of carbonyl (C=O) groups excluding carboxylic acids is 3. The Morgan fingerprint density at radius 3 is 2.47 bits per heavy atom. The van der Waals surface area contributed by atoms with E-state index in [2.05, 4.69) is 15.6 Å². The molecule has 0 aliphatic carbocycles. The number of rotatable bonds is 8. The lowest BCUT2D eigenvalue weighted by Gasteiger charge is -2.14. The molecule has 0 saturated carbocycles. The van der Waals surface area contributed by atoms with Crippen molar-refractivity contribution >= 4 is 45.0 Å². The van der Waals surface area contributed by atoms with Crippen LogP contribution in [0.1, 0.15) is 46.5 Å². The molecule has 2 amide bonds. The van der Waals surface area contributed by atoms with Gasteiger partial charge in [0.2, 0.25) is 0 Å². The minimum Gasteiger partial charge on any atom is -0.483 e. The maximum absolute atomic E-state index is 13.1. The zero-order valence-electron chi connectivity index (χ0n) is 18.4. The minimum absolute atomic E-state index is 0.0211. The van der Waals surface area contributed by atoms with Crippen LogP contribution in [0.3, 0.4) is 0 Å². The number of anilines is 1. The largest absolute Gasteiger partial charge is 0.483 e. The molecule has 1 heterocycles. The molecule has 0 bridgehead atoms. The zero-order valence-corrected chi connectivity index (χ0v) is 19.2. The van der Waals surface area contributed by atoms with Gasteiger partial charge >= 0.3 is 5.97 Å². The van der Waals surface area contributed by atoms with Gasteiger partial charge in [0.05, 0.1) is 17.9 Å². The Morgan fingerprint density at radius 2 is 1.81 bits per heavy atom. The third kappa shape index (κ3) is 5.61. The summed E-state index contributed by atoms with van der Waals surface area (Å²) in [5.74, 6) is -0.943. The molecular formula is C23H25N3O5S. The molecule has 0 saturated heterocycles. The van der Waals surface area contributed by atoms with E-state index in [4.69, 9.17) is 9.47 Å². The highest BCUT2D eigenvalue weighted by Crippen LogP contribution is 2.29. The van der Waals surface area contributed by atoms with Gasteiger partial charge in [-0.1, -0.05) is 35.6 Å². The van der Waals surface area contributed by atoms with Gasteiger partial charge < -0.3 is 14.8 Å². The molecule has 2 N–H and O–H groups in total. The lowest BCUT2D eigenvalue weighted by atomic mass is 10.1. The summed E-state index contributed by atoms with van der Waals surface area (Å²) in [6.07, 6.45) is 0. The number of hydrogen-bond donors (Lipinski definition) is 2. The molecule has 3 rings (SSSR count). The molecule has 9 heteroatoms. The third-order valence-corrected chi connectivity index (χ3v) is 5.43. The summed E-state index contributed by atoms with van der Waals surface area (Å²) >= 11 is 1.04. The van der Waals surface area contributed by atoms with Crippen LogP contribution in [0.4, 0.5) is 5.13 Å². The second-order valence-corrected chi connectivity index (χ2v) is 8.31. The Hall–Kier alpha value is -3.46. The number of fused-ring (bicyclic) bond motifs is 1. The number of aryl methyl sites for hydroxylation is 1. The quantitative estimate of drug-likeness (QED) is 0.499. The highest BCUT2D eigenvalue weighted by molar-refractivity contribution is 7.17. The molecule has 0 fully saturated rings. The standard InChI is InChI=1S/C23H25N3O5S/c1-5-30-22(29)20-14(4)25-23(32-20)26-21(28)17-10-15-8-6-7-9-16(15)11-18(17)31-12-19(27)24-13(2)3/h6-11,13H,5,12H2,1-4H3,(H,24,27)(H,25,26,28). The number of ether oxygens (including phenoxy) is 2. The fourth-order valence-corrected chi connectivity index (χ4v) is 3.88. The fourth-order valence-electron chi connectivity index (χ4n) is 3.02. The van der Waals surface area contributed by atoms with Crippen molar-refractivity contribution in [3.05, 3.63) is 52.5 Å². The SMILES string of the molecule is CCOC(=O)c1sc(NC(=O)c2cc3ccccc3cc2OCC(=O)NC(C)C)nc1C. The number of thiazole rings is 1. The van der Waals surface area contributed by atoms with Crippen LogP contribution in [0.15, 0.2) is 36.4 Å². The summed E-state index contributed by atoms with van der Waals surface area (Å²) in [5, 5.41) is 7.46. The number of benzene rings is 2. The summed E-state index contributed by atoms with van der Waals surface area (Å²) in [6.45, 7) is 7.14. The van der Waals surface area contributed by atoms with Crippen LogP contribution in [0.2, 0.25) is 0 Å². The Morgan fingerprint density at radius 1 is 1.12 bits per heavy atom. The summed E-state index contributed by atoms with van der Waals surface area (Å²) < 4.78 is 10.7. The molecule has 32 heavy (non-hydrogen) atoms. The van der Waals surface area contributed by atoms with E-state index in [1.807, 2.05) is 38.1 Å². The second-order valence-electron chi connectivity index (χ2n) is 7.31. The molecule has 2 aromatic carbocycles. The van der Waals surface area contributed by atoms with Crippen LogP contribution in [0.5, 0.6) is 5.75 Å². The molecule has 0 spiro atoms. The number of nitrogens with zero attached hydrogens (tertiary/aromatic N) is 1. The van der Waals surface area contributed by atoms with Crippen LogP contribution in [0, 0.1) is 6.92 Å². The molecular weight excluding hydrogens is 430 g/mol. The molecule has 1 aromatic heterocycles. The number of hydrogen-bond acceptors (Lipinski definition) is 7. The van der Waals surface area contributed by atoms with E-state index in [0.29, 0.717) is 10.6 Å². The van der Waals surface area contributed by atoms with Gasteiger partial charge in [0.1, 0.15) is 10.6 Å². The predicted molar refractivity (Wildman–Crippen MR) is 123 cm³/mol. The van der Waals surface area contributed by atoms with Crippen LogP contribution < -0.4 is 15.4 Å². The Kier molecular flexibility index (Phi) is 7.42. The van der Waals surface area contributed by atoms with Gasteiger partial charge in [0.25, 0.3) is 11.8 Å². The van der Waals surface area contributed by atoms with E-state index in [9.17, 15) is 14.4 Å². The molecule has 3 aromatic rings. The van der Waals surface area contributed by atoms with Gasteiger partial charge in [0, 0.05) is 6.04 Å². The molecule has 0 aliphatic heterocycles. The van der Waals surface area contributed by atoms with E-state index in [-0.39, 0.29) is 41.6 Å². The normalized spacial score (nSPS) is 10.8. The number of nitrogens with one attached hydrogen (secondary N) is 2. The number of aromatic nitrogens is 1. The number of amides is 2. The molecule has 0 radical (unpaired) electrons. The predicted octanol–water partition coefficient (Wildman–Crippen LogP) is 3.94. The third-order valence-electron chi connectivity index (χ3n) is 4.38. The lowest BCUT2D eigenvalue weighted by molar-refractivity contribution is -0.123. The van der Waals surface area contributed by atoms with Gasteiger partial charge in [-0.05, 0) is 50.6 Å². The Bertz CT molecular complexity index is 1160. The van der Waals surface area contributed by atoms with Gasteiger partial charge in [-0.2, -0.15) is 0 Å². The van der Waals surface area contributed by atoms with Crippen molar-refractivity contribution in [3.63, 3.8) is 0 Å². The first-order chi connectivity index (χ1) is 15.3. The molecule has 168 valence electrons. The average Bonchev–Trinajstić information content (AvgIpc) is 3.11. The fraction of sp³-hybridized carbons (Fsp3) is 0.304. The van der Waals surface area contributed by atoms with Gasteiger partial charge in [-0.15, -0.1) is 0 Å². The van der Waals surface area contributed by atoms with Crippen molar-refractivity contribution in [2.75, 3.05) is 18.5 Å².